The lowest BCUT2D eigenvalue weighted by Crippen LogP contribution is -2.00. The molecule has 0 aliphatic heterocycles. The Labute approximate surface area is 123 Å². The molecule has 1 heterocycles. The quantitative estimate of drug-likeness (QED) is 0.688. The fraction of sp³-hybridized carbons (Fsp3) is 0.118. The lowest BCUT2D eigenvalue weighted by Gasteiger charge is -2.04. The van der Waals surface area contributed by atoms with Gasteiger partial charge in [0.2, 0.25) is 0 Å². The number of aryl methyl sites for hydroxylation is 1. The van der Waals surface area contributed by atoms with E-state index in [1.54, 1.807) is 0 Å². The molecule has 0 atom stereocenters. The summed E-state index contributed by atoms with van der Waals surface area (Å²) in [7, 11) is 0. The van der Waals surface area contributed by atoms with E-state index in [4.69, 9.17) is 11.6 Å². The molecule has 0 fully saturated rings. The normalized spacial score (nSPS) is 10.7. The van der Waals surface area contributed by atoms with Crippen molar-refractivity contribution >= 4 is 11.6 Å². The zero-order valence-corrected chi connectivity index (χ0v) is 12.0. The van der Waals surface area contributed by atoms with Gasteiger partial charge in [-0.15, -0.1) is 0 Å². The Bertz CT molecular complexity index is 700. The molecular weight excluding hydrogens is 268 g/mol. The van der Waals surface area contributed by atoms with E-state index in [1.807, 2.05) is 37.3 Å². The molecule has 2 nitrogen and oxygen atoms in total. The van der Waals surface area contributed by atoms with Gasteiger partial charge in [-0.05, 0) is 24.6 Å². The van der Waals surface area contributed by atoms with Crippen LogP contribution in [0.15, 0.2) is 60.8 Å². The molecule has 3 heteroatoms. The van der Waals surface area contributed by atoms with E-state index < -0.39 is 0 Å². The van der Waals surface area contributed by atoms with E-state index in [2.05, 4.69) is 40.0 Å². The van der Waals surface area contributed by atoms with Gasteiger partial charge in [-0.2, -0.15) is 0 Å². The molecular formula is C17H15ClN2. The van der Waals surface area contributed by atoms with E-state index in [1.165, 1.54) is 5.56 Å². The summed E-state index contributed by atoms with van der Waals surface area (Å²) >= 11 is 5.92. The predicted molar refractivity (Wildman–Crippen MR) is 83.0 cm³/mol. The van der Waals surface area contributed by atoms with E-state index >= 15 is 0 Å². The Kier molecular flexibility index (Phi) is 3.57. The number of rotatable bonds is 3. The van der Waals surface area contributed by atoms with E-state index in [9.17, 15) is 0 Å². The molecule has 0 aliphatic rings. The van der Waals surface area contributed by atoms with Crippen molar-refractivity contribution in [1.29, 1.82) is 0 Å². The van der Waals surface area contributed by atoms with Crippen molar-refractivity contribution in [3.05, 3.63) is 77.2 Å². The molecule has 1 aromatic heterocycles. The maximum atomic E-state index is 5.92. The lowest BCUT2D eigenvalue weighted by atomic mass is 10.2. The van der Waals surface area contributed by atoms with Crippen LogP contribution in [-0.4, -0.2) is 9.55 Å². The third-order valence-electron chi connectivity index (χ3n) is 3.31. The van der Waals surface area contributed by atoms with E-state index in [0.717, 1.165) is 28.6 Å². The van der Waals surface area contributed by atoms with Crippen LogP contribution in [0.5, 0.6) is 0 Å². The summed E-state index contributed by atoms with van der Waals surface area (Å²) in [5.41, 5.74) is 3.34. The third kappa shape index (κ3) is 2.75. The number of aromatic nitrogens is 2. The van der Waals surface area contributed by atoms with Crippen LogP contribution in [0.25, 0.3) is 11.3 Å². The van der Waals surface area contributed by atoms with Gasteiger partial charge in [0.25, 0.3) is 0 Å². The van der Waals surface area contributed by atoms with Gasteiger partial charge in [-0.25, -0.2) is 4.98 Å². The largest absolute Gasteiger partial charge is 0.330 e. The van der Waals surface area contributed by atoms with Gasteiger partial charge in [0, 0.05) is 23.3 Å². The van der Waals surface area contributed by atoms with Crippen molar-refractivity contribution in [3.63, 3.8) is 0 Å². The monoisotopic (exact) mass is 282 g/mol. The second kappa shape index (κ2) is 5.51. The van der Waals surface area contributed by atoms with Crippen molar-refractivity contribution in [2.75, 3.05) is 0 Å². The SMILES string of the molecule is Cc1nc(-c2ccc(Cl)cc2)cn1Cc1ccccc1. The average molecular weight is 283 g/mol. The fourth-order valence-corrected chi connectivity index (χ4v) is 2.33. The van der Waals surface area contributed by atoms with Gasteiger partial charge in [0.05, 0.1) is 5.69 Å². The molecule has 20 heavy (non-hydrogen) atoms. The molecule has 0 spiro atoms. The maximum absolute atomic E-state index is 5.92. The second-order valence-electron chi connectivity index (χ2n) is 4.79. The highest BCUT2D eigenvalue weighted by atomic mass is 35.5. The summed E-state index contributed by atoms with van der Waals surface area (Å²) in [6, 6.07) is 18.2. The Hall–Kier alpha value is -2.06. The summed E-state index contributed by atoms with van der Waals surface area (Å²) in [6.07, 6.45) is 2.09. The Morgan fingerprint density at radius 2 is 1.70 bits per heavy atom. The van der Waals surface area contributed by atoms with Crippen LogP contribution >= 0.6 is 11.6 Å². The first-order valence-corrected chi connectivity index (χ1v) is 6.94. The van der Waals surface area contributed by atoms with Crippen LogP contribution in [0.1, 0.15) is 11.4 Å². The van der Waals surface area contributed by atoms with Crippen molar-refractivity contribution in [1.82, 2.24) is 9.55 Å². The number of benzene rings is 2. The molecule has 3 aromatic rings. The van der Waals surface area contributed by atoms with Crippen LogP contribution in [0.4, 0.5) is 0 Å². The number of halogens is 1. The molecule has 0 saturated carbocycles. The Balaban J connectivity index is 1.89. The summed E-state index contributed by atoms with van der Waals surface area (Å²) in [5, 5.41) is 0.745. The molecule has 2 aromatic carbocycles. The van der Waals surface area contributed by atoms with Crippen molar-refractivity contribution in [2.45, 2.75) is 13.5 Å². The number of nitrogens with zero attached hydrogens (tertiary/aromatic N) is 2. The Morgan fingerprint density at radius 1 is 1.00 bits per heavy atom. The number of hydrogen-bond acceptors (Lipinski definition) is 1. The predicted octanol–water partition coefficient (Wildman–Crippen LogP) is 4.56. The van der Waals surface area contributed by atoms with Crippen molar-refractivity contribution < 1.29 is 0 Å². The minimum atomic E-state index is 0.745. The lowest BCUT2D eigenvalue weighted by molar-refractivity contribution is 0.762. The first kappa shape index (κ1) is 12.9. The van der Waals surface area contributed by atoms with Crippen LogP contribution in [-0.2, 0) is 6.54 Å². The minimum Gasteiger partial charge on any atom is -0.330 e. The molecule has 0 amide bonds. The standard InChI is InChI=1S/C17H15ClN2/c1-13-19-17(15-7-9-16(18)10-8-15)12-20(13)11-14-5-3-2-4-6-14/h2-10,12H,11H2,1H3. The van der Waals surface area contributed by atoms with Crippen LogP contribution in [0, 0.1) is 6.92 Å². The number of imidazole rings is 1. The topological polar surface area (TPSA) is 17.8 Å². The van der Waals surface area contributed by atoms with Crippen LogP contribution in [0.3, 0.4) is 0 Å². The molecule has 0 unspecified atom stereocenters. The first-order valence-electron chi connectivity index (χ1n) is 6.56. The zero-order chi connectivity index (χ0) is 13.9. The average Bonchev–Trinajstić information content (AvgIpc) is 2.82. The molecule has 0 aliphatic carbocycles. The highest BCUT2D eigenvalue weighted by Gasteiger charge is 2.06. The third-order valence-corrected chi connectivity index (χ3v) is 3.56. The molecule has 0 bridgehead atoms. The summed E-state index contributed by atoms with van der Waals surface area (Å²) in [5.74, 6) is 1.01. The number of hydrogen-bond donors (Lipinski definition) is 0. The molecule has 100 valence electrons. The fourth-order valence-electron chi connectivity index (χ4n) is 2.21. The van der Waals surface area contributed by atoms with Gasteiger partial charge < -0.3 is 4.57 Å². The van der Waals surface area contributed by atoms with Crippen molar-refractivity contribution in [3.8, 4) is 11.3 Å². The second-order valence-corrected chi connectivity index (χ2v) is 5.23. The van der Waals surface area contributed by atoms with Gasteiger partial charge in [-0.3, -0.25) is 0 Å². The van der Waals surface area contributed by atoms with E-state index in [0.29, 0.717) is 0 Å². The smallest absolute Gasteiger partial charge is 0.106 e. The highest BCUT2D eigenvalue weighted by Crippen LogP contribution is 2.21. The van der Waals surface area contributed by atoms with Crippen LogP contribution in [0.2, 0.25) is 5.02 Å². The van der Waals surface area contributed by atoms with Gasteiger partial charge in [-0.1, -0.05) is 54.1 Å². The maximum Gasteiger partial charge on any atom is 0.106 e. The molecule has 0 saturated heterocycles. The van der Waals surface area contributed by atoms with E-state index in [-0.39, 0.29) is 0 Å². The van der Waals surface area contributed by atoms with Crippen molar-refractivity contribution in [2.24, 2.45) is 0 Å². The van der Waals surface area contributed by atoms with Crippen LogP contribution < -0.4 is 0 Å². The highest BCUT2D eigenvalue weighted by molar-refractivity contribution is 6.30. The Morgan fingerprint density at radius 3 is 2.40 bits per heavy atom. The summed E-state index contributed by atoms with van der Waals surface area (Å²) < 4.78 is 2.17. The molecule has 0 radical (unpaired) electrons. The van der Waals surface area contributed by atoms with Gasteiger partial charge in [0.1, 0.15) is 5.82 Å². The zero-order valence-electron chi connectivity index (χ0n) is 11.3. The summed E-state index contributed by atoms with van der Waals surface area (Å²) in [4.78, 5) is 4.63. The minimum absolute atomic E-state index is 0.745. The molecule has 3 rings (SSSR count). The van der Waals surface area contributed by atoms with Gasteiger partial charge in [0.15, 0.2) is 0 Å². The first-order chi connectivity index (χ1) is 9.72. The summed E-state index contributed by atoms with van der Waals surface area (Å²) in [6.45, 7) is 2.87. The van der Waals surface area contributed by atoms with Gasteiger partial charge >= 0.3 is 0 Å². The molecule has 0 N–H and O–H groups in total.